The van der Waals surface area contributed by atoms with Gasteiger partial charge in [0, 0.05) is 25.0 Å². The lowest BCUT2D eigenvalue weighted by Gasteiger charge is -2.15. The summed E-state index contributed by atoms with van der Waals surface area (Å²) >= 11 is 0. The molecule has 2 aromatic carbocycles. The minimum atomic E-state index is -3.54. The fraction of sp³-hybridized carbons (Fsp3) is 0.188. The Bertz CT molecular complexity index is 873. The molecule has 0 aliphatic heterocycles. The molecule has 0 spiro atoms. The van der Waals surface area contributed by atoms with Gasteiger partial charge in [0.2, 0.25) is 10.0 Å². The fourth-order valence-corrected chi connectivity index (χ4v) is 3.69. The zero-order chi connectivity index (χ0) is 15.6. The molecule has 1 aromatic heterocycles. The van der Waals surface area contributed by atoms with E-state index in [0.717, 1.165) is 10.8 Å². The number of hydrogen-bond acceptors (Lipinski definition) is 3. The van der Waals surface area contributed by atoms with Crippen LogP contribution in [0, 0.1) is 0 Å². The van der Waals surface area contributed by atoms with E-state index < -0.39 is 10.0 Å². The largest absolute Gasteiger partial charge is 0.336 e. The van der Waals surface area contributed by atoms with E-state index >= 15 is 0 Å². The smallest absolute Gasteiger partial charge is 0.240 e. The van der Waals surface area contributed by atoms with Gasteiger partial charge in [-0.3, -0.25) is 0 Å². The van der Waals surface area contributed by atoms with E-state index in [9.17, 15) is 8.42 Å². The van der Waals surface area contributed by atoms with Gasteiger partial charge in [-0.1, -0.05) is 30.3 Å². The van der Waals surface area contributed by atoms with Crippen LogP contribution >= 0.6 is 0 Å². The first-order valence-corrected chi connectivity index (χ1v) is 8.50. The van der Waals surface area contributed by atoms with Crippen molar-refractivity contribution >= 4 is 20.8 Å². The van der Waals surface area contributed by atoms with Crippen molar-refractivity contribution in [2.75, 3.05) is 0 Å². The highest BCUT2D eigenvalue weighted by molar-refractivity contribution is 7.89. The van der Waals surface area contributed by atoms with Crippen LogP contribution in [0.15, 0.2) is 66.1 Å². The Kier molecular flexibility index (Phi) is 3.96. The number of sulfonamides is 1. The molecule has 0 radical (unpaired) electrons. The Morgan fingerprint density at radius 2 is 1.95 bits per heavy atom. The van der Waals surface area contributed by atoms with Gasteiger partial charge in [-0.05, 0) is 29.8 Å². The number of nitrogens with one attached hydrogen (secondary N) is 1. The van der Waals surface area contributed by atoms with Crippen molar-refractivity contribution in [3.05, 3.63) is 61.2 Å². The van der Waals surface area contributed by atoms with Crippen LogP contribution in [0.25, 0.3) is 10.8 Å². The van der Waals surface area contributed by atoms with E-state index in [4.69, 9.17) is 0 Å². The van der Waals surface area contributed by atoms with E-state index in [1.807, 2.05) is 41.8 Å². The normalized spacial score (nSPS) is 13.3. The lowest BCUT2D eigenvalue weighted by molar-refractivity contribution is 0.520. The van der Waals surface area contributed by atoms with Crippen LogP contribution in [0.4, 0.5) is 0 Å². The molecule has 3 rings (SSSR count). The summed E-state index contributed by atoms with van der Waals surface area (Å²) in [7, 11) is -3.54. The second-order valence-electron chi connectivity index (χ2n) is 5.29. The Hall–Kier alpha value is -2.18. The van der Waals surface area contributed by atoms with Gasteiger partial charge in [0.1, 0.15) is 0 Å². The predicted octanol–water partition coefficient (Wildman–Crippen LogP) is 2.40. The summed E-state index contributed by atoms with van der Waals surface area (Å²) in [5.41, 5.74) is 0. The number of nitrogens with zero attached hydrogens (tertiary/aromatic N) is 2. The molecule has 0 amide bonds. The van der Waals surface area contributed by atoms with Crippen molar-refractivity contribution in [2.24, 2.45) is 0 Å². The maximum absolute atomic E-state index is 12.5. The van der Waals surface area contributed by atoms with E-state index in [1.54, 1.807) is 30.9 Å². The zero-order valence-electron chi connectivity index (χ0n) is 12.2. The van der Waals surface area contributed by atoms with Gasteiger partial charge in [0.25, 0.3) is 0 Å². The quantitative estimate of drug-likeness (QED) is 0.786. The highest BCUT2D eigenvalue weighted by Crippen LogP contribution is 2.19. The third-order valence-corrected chi connectivity index (χ3v) is 5.02. The number of aromatic nitrogens is 2. The average molecular weight is 315 g/mol. The molecule has 3 aromatic rings. The molecule has 1 atom stereocenters. The van der Waals surface area contributed by atoms with Gasteiger partial charge in [-0.2, -0.15) is 0 Å². The molecule has 0 saturated heterocycles. The molecule has 5 nitrogen and oxygen atoms in total. The minimum Gasteiger partial charge on any atom is -0.336 e. The number of imidazole rings is 1. The zero-order valence-corrected chi connectivity index (χ0v) is 13.0. The highest BCUT2D eigenvalue weighted by atomic mass is 32.2. The van der Waals surface area contributed by atoms with E-state index in [-0.39, 0.29) is 10.9 Å². The van der Waals surface area contributed by atoms with Gasteiger partial charge in [0.15, 0.2) is 0 Å². The standard InChI is InChI=1S/C16H17N3O2S/c1-13(11-19-9-8-17-12-19)18-22(20,21)16-7-6-14-4-2-3-5-15(14)10-16/h2-10,12-13,18H,11H2,1H3/t13-/m1/s1. The first kappa shape index (κ1) is 14.7. The molecule has 0 aliphatic rings. The third-order valence-electron chi connectivity index (χ3n) is 3.43. The van der Waals surface area contributed by atoms with Crippen LogP contribution in [0.3, 0.4) is 0 Å². The lowest BCUT2D eigenvalue weighted by atomic mass is 10.1. The van der Waals surface area contributed by atoms with Crippen LogP contribution in [0.2, 0.25) is 0 Å². The first-order chi connectivity index (χ1) is 10.5. The summed E-state index contributed by atoms with van der Waals surface area (Å²) in [6.45, 7) is 2.37. The van der Waals surface area contributed by atoms with Gasteiger partial charge in [0.05, 0.1) is 11.2 Å². The second kappa shape index (κ2) is 5.90. The summed E-state index contributed by atoms with van der Waals surface area (Å²) in [4.78, 5) is 4.23. The molecule has 1 N–H and O–H groups in total. The number of rotatable bonds is 5. The lowest BCUT2D eigenvalue weighted by Crippen LogP contribution is -2.35. The molecule has 114 valence electrons. The SMILES string of the molecule is C[C@H](Cn1ccnc1)NS(=O)(=O)c1ccc2ccccc2c1. The fourth-order valence-electron chi connectivity index (χ4n) is 2.42. The van der Waals surface area contributed by atoms with Crippen molar-refractivity contribution in [3.8, 4) is 0 Å². The Balaban J connectivity index is 1.81. The Morgan fingerprint density at radius 1 is 1.18 bits per heavy atom. The van der Waals surface area contributed by atoms with E-state index in [0.29, 0.717) is 6.54 Å². The highest BCUT2D eigenvalue weighted by Gasteiger charge is 2.17. The average Bonchev–Trinajstić information content (AvgIpc) is 2.99. The maximum Gasteiger partial charge on any atom is 0.240 e. The molecule has 0 unspecified atom stereocenters. The molecular weight excluding hydrogens is 298 g/mol. The molecule has 0 bridgehead atoms. The molecule has 22 heavy (non-hydrogen) atoms. The topological polar surface area (TPSA) is 64.0 Å². The summed E-state index contributed by atoms with van der Waals surface area (Å²) in [5, 5.41) is 1.93. The third kappa shape index (κ3) is 3.18. The number of hydrogen-bond donors (Lipinski definition) is 1. The monoisotopic (exact) mass is 315 g/mol. The maximum atomic E-state index is 12.5. The summed E-state index contributed by atoms with van der Waals surface area (Å²) in [6, 6.07) is 12.6. The summed E-state index contributed by atoms with van der Waals surface area (Å²) < 4.78 is 29.5. The molecule has 6 heteroatoms. The van der Waals surface area contributed by atoms with Crippen molar-refractivity contribution in [3.63, 3.8) is 0 Å². The number of fused-ring (bicyclic) bond motifs is 1. The predicted molar refractivity (Wildman–Crippen MR) is 86.0 cm³/mol. The van der Waals surface area contributed by atoms with Crippen LogP contribution in [0.5, 0.6) is 0 Å². The van der Waals surface area contributed by atoms with E-state index in [2.05, 4.69) is 9.71 Å². The second-order valence-corrected chi connectivity index (χ2v) is 7.00. The van der Waals surface area contributed by atoms with Crippen molar-refractivity contribution in [2.45, 2.75) is 24.4 Å². The molecule has 1 heterocycles. The molecule has 0 saturated carbocycles. The molecular formula is C16H17N3O2S. The first-order valence-electron chi connectivity index (χ1n) is 7.01. The van der Waals surface area contributed by atoms with Crippen LogP contribution < -0.4 is 4.72 Å². The van der Waals surface area contributed by atoms with Crippen molar-refractivity contribution in [1.82, 2.24) is 14.3 Å². The minimum absolute atomic E-state index is 0.231. The molecule has 0 fully saturated rings. The molecule has 0 aliphatic carbocycles. The van der Waals surface area contributed by atoms with Crippen LogP contribution in [-0.2, 0) is 16.6 Å². The van der Waals surface area contributed by atoms with Crippen LogP contribution in [-0.4, -0.2) is 24.0 Å². The van der Waals surface area contributed by atoms with E-state index in [1.165, 1.54) is 0 Å². The Morgan fingerprint density at radius 3 is 2.68 bits per heavy atom. The van der Waals surface area contributed by atoms with Gasteiger partial charge >= 0.3 is 0 Å². The summed E-state index contributed by atoms with van der Waals surface area (Å²) in [6.07, 6.45) is 5.15. The van der Waals surface area contributed by atoms with Gasteiger partial charge in [-0.25, -0.2) is 18.1 Å². The Labute approximate surface area is 129 Å². The van der Waals surface area contributed by atoms with Crippen LogP contribution in [0.1, 0.15) is 6.92 Å². The summed E-state index contributed by atoms with van der Waals surface area (Å²) in [5.74, 6) is 0. The van der Waals surface area contributed by atoms with Crippen molar-refractivity contribution < 1.29 is 8.42 Å². The van der Waals surface area contributed by atoms with Gasteiger partial charge in [-0.15, -0.1) is 0 Å². The van der Waals surface area contributed by atoms with Gasteiger partial charge < -0.3 is 4.57 Å². The van der Waals surface area contributed by atoms with Crippen molar-refractivity contribution in [1.29, 1.82) is 0 Å². The number of benzene rings is 2.